The first kappa shape index (κ1) is 17.1. The normalized spacial score (nSPS) is 15.2. The van der Waals surface area contributed by atoms with Crippen molar-refractivity contribution < 1.29 is 9.59 Å². The number of pyridine rings is 1. The Morgan fingerprint density at radius 1 is 1.20 bits per heavy atom. The molecule has 0 saturated carbocycles. The highest BCUT2D eigenvalue weighted by Gasteiger charge is 2.20. The van der Waals surface area contributed by atoms with Crippen molar-refractivity contribution in [1.82, 2.24) is 9.47 Å². The molecule has 3 rings (SSSR count). The number of hydrogen-bond acceptors (Lipinski definition) is 3. The molecule has 5 heteroatoms. The Hall–Kier alpha value is -2.69. The Bertz CT molecular complexity index is 852. The molecule has 0 radical (unpaired) electrons. The maximum absolute atomic E-state index is 12.9. The molecule has 0 spiro atoms. The number of rotatable bonds is 4. The van der Waals surface area contributed by atoms with Gasteiger partial charge in [0.1, 0.15) is 5.49 Å². The first-order valence-electron chi connectivity index (χ1n) is 8.67. The van der Waals surface area contributed by atoms with Gasteiger partial charge in [-0.3, -0.25) is 19.1 Å². The van der Waals surface area contributed by atoms with E-state index in [4.69, 9.17) is 0 Å². The van der Waals surface area contributed by atoms with E-state index in [2.05, 4.69) is 4.99 Å². The van der Waals surface area contributed by atoms with E-state index >= 15 is 0 Å². The summed E-state index contributed by atoms with van der Waals surface area (Å²) in [6.45, 7) is 5.31. The lowest BCUT2D eigenvalue weighted by atomic mass is 10.1. The average Bonchev–Trinajstić information content (AvgIpc) is 2.99. The van der Waals surface area contributed by atoms with Gasteiger partial charge in [-0.05, 0) is 50.1 Å². The van der Waals surface area contributed by atoms with Crippen molar-refractivity contribution in [1.29, 1.82) is 0 Å². The van der Waals surface area contributed by atoms with Crippen LogP contribution in [0, 0.1) is 0 Å². The van der Waals surface area contributed by atoms with Crippen LogP contribution in [0.25, 0.3) is 0 Å². The quantitative estimate of drug-likeness (QED) is 0.861. The summed E-state index contributed by atoms with van der Waals surface area (Å²) in [6, 6.07) is 13.1. The summed E-state index contributed by atoms with van der Waals surface area (Å²) in [6.07, 6.45) is 3.27. The van der Waals surface area contributed by atoms with Gasteiger partial charge in [-0.15, -0.1) is 0 Å². The van der Waals surface area contributed by atoms with Gasteiger partial charge < -0.3 is 4.90 Å². The summed E-state index contributed by atoms with van der Waals surface area (Å²) >= 11 is 0. The highest BCUT2D eigenvalue weighted by atomic mass is 16.2. The fourth-order valence-corrected chi connectivity index (χ4v) is 3.01. The molecule has 1 aliphatic rings. The van der Waals surface area contributed by atoms with Crippen LogP contribution in [0.15, 0.2) is 53.7 Å². The molecule has 0 bridgehead atoms. The zero-order valence-corrected chi connectivity index (χ0v) is 14.7. The second-order valence-electron chi connectivity index (χ2n) is 6.58. The second-order valence-corrected chi connectivity index (χ2v) is 6.58. The lowest BCUT2D eigenvalue weighted by Gasteiger charge is -2.16. The monoisotopic (exact) mass is 337 g/mol. The lowest BCUT2D eigenvalue weighted by molar-refractivity contribution is -0.128. The molecule has 5 nitrogen and oxygen atoms in total. The van der Waals surface area contributed by atoms with Gasteiger partial charge in [-0.1, -0.05) is 18.2 Å². The molecule has 0 unspecified atom stereocenters. The fourth-order valence-electron chi connectivity index (χ4n) is 3.01. The standard InChI is InChI=1S/C20H23N3O2/c1-15(2)21-18-9-3-4-12-23(18)20(25)17-8-5-7-16(13-17)14-22-11-6-10-19(22)24/h3-5,7-9,12-13,15H,6,10-11,14H2,1-2H3. The van der Waals surface area contributed by atoms with Crippen molar-refractivity contribution in [3.63, 3.8) is 0 Å². The van der Waals surface area contributed by atoms with Gasteiger partial charge >= 0.3 is 0 Å². The van der Waals surface area contributed by atoms with Crippen molar-refractivity contribution in [3.8, 4) is 0 Å². The third-order valence-electron chi connectivity index (χ3n) is 4.17. The molecule has 2 aromatic rings. The van der Waals surface area contributed by atoms with Gasteiger partial charge in [-0.25, -0.2) is 0 Å². The summed E-state index contributed by atoms with van der Waals surface area (Å²) < 4.78 is 1.57. The van der Waals surface area contributed by atoms with Crippen LogP contribution >= 0.6 is 0 Å². The van der Waals surface area contributed by atoms with Crippen LogP contribution in [0.3, 0.4) is 0 Å². The minimum Gasteiger partial charge on any atom is -0.338 e. The van der Waals surface area contributed by atoms with E-state index in [1.165, 1.54) is 0 Å². The molecule has 2 heterocycles. The van der Waals surface area contributed by atoms with E-state index in [9.17, 15) is 9.59 Å². The average molecular weight is 337 g/mol. The van der Waals surface area contributed by atoms with Crippen LogP contribution in [-0.2, 0) is 11.3 Å². The minimum absolute atomic E-state index is 0.106. The van der Waals surface area contributed by atoms with Crippen molar-refractivity contribution in [3.05, 3.63) is 65.3 Å². The van der Waals surface area contributed by atoms with Crippen LogP contribution in [0.1, 0.15) is 42.6 Å². The summed E-state index contributed by atoms with van der Waals surface area (Å²) in [5, 5.41) is 0. The Morgan fingerprint density at radius 2 is 2.04 bits per heavy atom. The van der Waals surface area contributed by atoms with Gasteiger partial charge in [0.15, 0.2) is 0 Å². The molecule has 1 saturated heterocycles. The summed E-state index contributed by atoms with van der Waals surface area (Å²) in [5.41, 5.74) is 2.21. The Morgan fingerprint density at radius 3 is 2.76 bits per heavy atom. The molecule has 1 amide bonds. The van der Waals surface area contributed by atoms with Gasteiger partial charge in [0, 0.05) is 37.3 Å². The lowest BCUT2D eigenvalue weighted by Crippen LogP contribution is -2.28. The molecule has 0 atom stereocenters. The topological polar surface area (TPSA) is 54.7 Å². The zero-order valence-electron chi connectivity index (χ0n) is 14.7. The first-order chi connectivity index (χ1) is 12.0. The molecule has 1 aliphatic heterocycles. The number of amides is 1. The SMILES string of the molecule is CC(C)N=c1ccccn1C(=O)c1cccc(CN2CCCC2=O)c1. The molecule has 1 aromatic heterocycles. The molecule has 0 aliphatic carbocycles. The number of hydrogen-bond donors (Lipinski definition) is 0. The predicted molar refractivity (Wildman–Crippen MR) is 96.0 cm³/mol. The molecule has 1 fully saturated rings. The van der Waals surface area contributed by atoms with Gasteiger partial charge in [0.2, 0.25) is 5.91 Å². The maximum Gasteiger partial charge on any atom is 0.263 e. The van der Waals surface area contributed by atoms with Crippen molar-refractivity contribution in [2.75, 3.05) is 6.54 Å². The Balaban J connectivity index is 1.89. The van der Waals surface area contributed by atoms with E-state index in [1.807, 2.05) is 55.1 Å². The largest absolute Gasteiger partial charge is 0.338 e. The fraction of sp³-hybridized carbons (Fsp3) is 0.350. The van der Waals surface area contributed by atoms with Crippen molar-refractivity contribution >= 4 is 11.8 Å². The first-order valence-corrected chi connectivity index (χ1v) is 8.67. The predicted octanol–water partition coefficient (Wildman–Crippen LogP) is 2.61. The number of likely N-dealkylation sites (tertiary alicyclic amines) is 1. The van der Waals surface area contributed by atoms with E-state index in [1.54, 1.807) is 16.8 Å². The van der Waals surface area contributed by atoms with Crippen LogP contribution in [0.4, 0.5) is 0 Å². The molecule has 0 N–H and O–H groups in total. The number of carbonyl (C=O) groups is 2. The Labute approximate surface area is 147 Å². The number of nitrogens with zero attached hydrogens (tertiary/aromatic N) is 3. The van der Waals surface area contributed by atoms with E-state index in [0.29, 0.717) is 24.0 Å². The molecular formula is C20H23N3O2. The van der Waals surface area contributed by atoms with E-state index < -0.39 is 0 Å². The summed E-state index contributed by atoms with van der Waals surface area (Å²) in [4.78, 5) is 31.1. The van der Waals surface area contributed by atoms with E-state index in [-0.39, 0.29) is 17.9 Å². The Kier molecular flexibility index (Phi) is 5.12. The zero-order chi connectivity index (χ0) is 17.8. The number of carbonyl (C=O) groups excluding carboxylic acids is 2. The van der Waals surface area contributed by atoms with Gasteiger partial charge in [0.05, 0.1) is 0 Å². The maximum atomic E-state index is 12.9. The van der Waals surface area contributed by atoms with E-state index in [0.717, 1.165) is 18.5 Å². The number of benzene rings is 1. The summed E-state index contributed by atoms with van der Waals surface area (Å²) in [5.74, 6) is 0.0711. The van der Waals surface area contributed by atoms with Crippen LogP contribution in [0.5, 0.6) is 0 Å². The smallest absolute Gasteiger partial charge is 0.263 e. The van der Waals surface area contributed by atoms with Crippen LogP contribution in [-0.4, -0.2) is 33.9 Å². The summed E-state index contributed by atoms with van der Waals surface area (Å²) in [7, 11) is 0. The highest BCUT2D eigenvalue weighted by molar-refractivity contribution is 5.96. The minimum atomic E-state index is -0.116. The van der Waals surface area contributed by atoms with Crippen molar-refractivity contribution in [2.24, 2.45) is 4.99 Å². The van der Waals surface area contributed by atoms with Crippen molar-refractivity contribution in [2.45, 2.75) is 39.3 Å². The van der Waals surface area contributed by atoms with Gasteiger partial charge in [0.25, 0.3) is 5.91 Å². The van der Waals surface area contributed by atoms with Crippen LogP contribution in [0.2, 0.25) is 0 Å². The molecule has 130 valence electrons. The van der Waals surface area contributed by atoms with Crippen LogP contribution < -0.4 is 5.49 Å². The van der Waals surface area contributed by atoms with Gasteiger partial charge in [-0.2, -0.15) is 0 Å². The third-order valence-corrected chi connectivity index (χ3v) is 4.17. The highest BCUT2D eigenvalue weighted by Crippen LogP contribution is 2.15. The number of aromatic nitrogens is 1. The molecule has 25 heavy (non-hydrogen) atoms. The third kappa shape index (κ3) is 4.05. The molecular weight excluding hydrogens is 314 g/mol. The second kappa shape index (κ2) is 7.47. The molecule has 1 aromatic carbocycles.